The Morgan fingerprint density at radius 1 is 1.25 bits per heavy atom. The minimum absolute atomic E-state index is 0.423. The van der Waals surface area contributed by atoms with Crippen LogP contribution in [0.15, 0.2) is 22.7 Å². The molecule has 130 valence electrons. The van der Waals surface area contributed by atoms with E-state index in [1.807, 2.05) is 19.9 Å². The van der Waals surface area contributed by atoms with Crippen LogP contribution in [-0.4, -0.2) is 23.9 Å². The fourth-order valence-corrected chi connectivity index (χ4v) is 3.57. The predicted octanol–water partition coefficient (Wildman–Crippen LogP) is 4.30. The second-order valence-corrected chi connectivity index (χ2v) is 6.57. The molecule has 0 bridgehead atoms. The van der Waals surface area contributed by atoms with Crippen LogP contribution in [0.5, 0.6) is 0 Å². The third-order valence-corrected chi connectivity index (χ3v) is 4.81. The van der Waals surface area contributed by atoms with Crippen molar-refractivity contribution in [3.8, 4) is 11.1 Å². The maximum absolute atomic E-state index is 6.28. The fourth-order valence-electron chi connectivity index (χ4n) is 3.57. The summed E-state index contributed by atoms with van der Waals surface area (Å²) in [6.45, 7) is 6.74. The zero-order chi connectivity index (χ0) is 17.1. The van der Waals surface area contributed by atoms with E-state index in [-0.39, 0.29) is 0 Å². The van der Waals surface area contributed by atoms with Gasteiger partial charge in [-0.3, -0.25) is 0 Å². The quantitative estimate of drug-likeness (QED) is 0.800. The highest BCUT2D eigenvalue weighted by Gasteiger charge is 2.22. The molecule has 1 aromatic carbocycles. The number of rotatable bonds is 5. The van der Waals surface area contributed by atoms with Gasteiger partial charge in [-0.1, -0.05) is 11.2 Å². The maximum Gasteiger partial charge on any atom is 0.141 e. The molecule has 0 amide bonds. The first-order chi connectivity index (χ1) is 11.6. The number of nitrogen functional groups attached to an aromatic ring is 1. The fraction of sp³-hybridized carbons (Fsp3) is 0.526. The molecule has 1 aliphatic rings. The van der Waals surface area contributed by atoms with Gasteiger partial charge in [0.25, 0.3) is 0 Å². The van der Waals surface area contributed by atoms with Gasteiger partial charge in [-0.05, 0) is 64.2 Å². The van der Waals surface area contributed by atoms with Crippen molar-refractivity contribution >= 4 is 11.4 Å². The second-order valence-electron chi connectivity index (χ2n) is 6.57. The monoisotopic (exact) mass is 329 g/mol. The van der Waals surface area contributed by atoms with E-state index in [0.29, 0.717) is 12.1 Å². The van der Waals surface area contributed by atoms with Crippen LogP contribution in [0.1, 0.15) is 44.1 Å². The lowest BCUT2D eigenvalue weighted by atomic mass is 9.92. The third-order valence-electron chi connectivity index (χ3n) is 4.81. The van der Waals surface area contributed by atoms with Crippen molar-refractivity contribution in [2.45, 2.75) is 58.6 Å². The van der Waals surface area contributed by atoms with E-state index < -0.39 is 0 Å². The molecule has 0 atom stereocenters. The number of ether oxygens (including phenoxy) is 1. The lowest BCUT2D eigenvalue weighted by Gasteiger charge is -2.30. The Labute approximate surface area is 143 Å². The number of hydrogen-bond donors (Lipinski definition) is 2. The van der Waals surface area contributed by atoms with E-state index in [1.165, 1.54) is 0 Å². The standard InChI is InChI=1S/C19H27N3O2/c1-4-23-16-8-6-15(7-9-16)21-18-10-5-14(11-17(18)20)19-12(2)22-24-13(19)3/h5,10-11,15-16,21H,4,6-9,20H2,1-3H3. The molecular weight excluding hydrogens is 302 g/mol. The van der Waals surface area contributed by atoms with Crippen molar-refractivity contribution in [1.29, 1.82) is 0 Å². The molecule has 0 spiro atoms. The third kappa shape index (κ3) is 3.56. The van der Waals surface area contributed by atoms with E-state index in [0.717, 1.165) is 66.2 Å². The smallest absolute Gasteiger partial charge is 0.141 e. The highest BCUT2D eigenvalue weighted by atomic mass is 16.5. The Kier molecular flexibility index (Phi) is 5.09. The average Bonchev–Trinajstić information content (AvgIpc) is 2.90. The summed E-state index contributed by atoms with van der Waals surface area (Å²) in [4.78, 5) is 0. The van der Waals surface area contributed by atoms with Gasteiger partial charge in [0, 0.05) is 18.2 Å². The van der Waals surface area contributed by atoms with Crippen LogP contribution in [0.2, 0.25) is 0 Å². The molecule has 1 heterocycles. The van der Waals surface area contributed by atoms with E-state index in [9.17, 15) is 0 Å². The summed E-state index contributed by atoms with van der Waals surface area (Å²) < 4.78 is 11.0. The summed E-state index contributed by atoms with van der Waals surface area (Å²) in [5.41, 5.74) is 11.0. The van der Waals surface area contributed by atoms with Gasteiger partial charge in [0.2, 0.25) is 0 Å². The Morgan fingerprint density at radius 3 is 2.58 bits per heavy atom. The predicted molar refractivity (Wildman–Crippen MR) is 97.1 cm³/mol. The van der Waals surface area contributed by atoms with E-state index in [4.69, 9.17) is 15.0 Å². The number of aromatic nitrogens is 1. The number of benzene rings is 1. The van der Waals surface area contributed by atoms with Crippen LogP contribution in [0, 0.1) is 13.8 Å². The van der Waals surface area contributed by atoms with Gasteiger partial charge in [-0.15, -0.1) is 0 Å². The number of anilines is 2. The Bertz CT molecular complexity index is 668. The van der Waals surface area contributed by atoms with Crippen LogP contribution in [0.3, 0.4) is 0 Å². The molecule has 1 aliphatic carbocycles. The summed E-state index contributed by atoms with van der Waals surface area (Å²) >= 11 is 0. The maximum atomic E-state index is 6.28. The minimum atomic E-state index is 0.423. The van der Waals surface area contributed by atoms with Gasteiger partial charge in [0.1, 0.15) is 5.76 Å². The number of nitrogens with zero attached hydrogens (tertiary/aromatic N) is 1. The van der Waals surface area contributed by atoms with Crippen molar-refractivity contribution in [2.75, 3.05) is 17.7 Å². The van der Waals surface area contributed by atoms with Crippen LogP contribution in [0.4, 0.5) is 11.4 Å². The molecular formula is C19H27N3O2. The molecule has 2 aromatic rings. The van der Waals surface area contributed by atoms with Gasteiger partial charge >= 0.3 is 0 Å². The van der Waals surface area contributed by atoms with Gasteiger partial charge in [-0.2, -0.15) is 0 Å². The summed E-state index contributed by atoms with van der Waals surface area (Å²) in [5, 5.41) is 7.61. The Balaban J connectivity index is 1.68. The van der Waals surface area contributed by atoms with Crippen LogP contribution in [0.25, 0.3) is 11.1 Å². The van der Waals surface area contributed by atoms with Crippen LogP contribution < -0.4 is 11.1 Å². The molecule has 5 nitrogen and oxygen atoms in total. The summed E-state index contributed by atoms with van der Waals surface area (Å²) in [5.74, 6) is 0.821. The number of nitrogens with two attached hydrogens (primary N) is 1. The number of nitrogens with one attached hydrogen (secondary N) is 1. The topological polar surface area (TPSA) is 73.3 Å². The SMILES string of the molecule is CCOC1CCC(Nc2ccc(-c3c(C)noc3C)cc2N)CC1. The van der Waals surface area contributed by atoms with E-state index in [1.54, 1.807) is 0 Å². The zero-order valence-corrected chi connectivity index (χ0v) is 14.8. The molecule has 5 heteroatoms. The molecule has 0 aliphatic heterocycles. The average molecular weight is 329 g/mol. The zero-order valence-electron chi connectivity index (χ0n) is 14.8. The molecule has 24 heavy (non-hydrogen) atoms. The minimum Gasteiger partial charge on any atom is -0.397 e. The number of hydrogen-bond acceptors (Lipinski definition) is 5. The molecule has 0 unspecified atom stereocenters. The Morgan fingerprint density at radius 2 is 2.00 bits per heavy atom. The van der Waals surface area contributed by atoms with Crippen molar-refractivity contribution in [1.82, 2.24) is 5.16 Å². The van der Waals surface area contributed by atoms with Gasteiger partial charge in [0.05, 0.1) is 23.2 Å². The van der Waals surface area contributed by atoms with Crippen molar-refractivity contribution in [2.24, 2.45) is 0 Å². The second kappa shape index (κ2) is 7.26. The van der Waals surface area contributed by atoms with Crippen molar-refractivity contribution in [3.05, 3.63) is 29.7 Å². The van der Waals surface area contributed by atoms with E-state index in [2.05, 4.69) is 29.5 Å². The largest absolute Gasteiger partial charge is 0.397 e. The molecule has 0 radical (unpaired) electrons. The summed E-state index contributed by atoms with van der Waals surface area (Å²) in [6.07, 6.45) is 4.89. The van der Waals surface area contributed by atoms with Crippen LogP contribution >= 0.6 is 0 Å². The van der Waals surface area contributed by atoms with Crippen LogP contribution in [-0.2, 0) is 4.74 Å². The first-order valence-corrected chi connectivity index (χ1v) is 8.79. The van der Waals surface area contributed by atoms with Gasteiger partial charge < -0.3 is 20.3 Å². The first-order valence-electron chi connectivity index (χ1n) is 8.79. The van der Waals surface area contributed by atoms with Crippen molar-refractivity contribution < 1.29 is 9.26 Å². The van der Waals surface area contributed by atoms with Gasteiger partial charge in [0.15, 0.2) is 0 Å². The molecule has 1 saturated carbocycles. The molecule has 1 fully saturated rings. The molecule has 1 aromatic heterocycles. The van der Waals surface area contributed by atoms with Crippen molar-refractivity contribution in [3.63, 3.8) is 0 Å². The molecule has 0 saturated heterocycles. The highest BCUT2D eigenvalue weighted by molar-refractivity contribution is 5.77. The van der Waals surface area contributed by atoms with Gasteiger partial charge in [-0.25, -0.2) is 0 Å². The summed E-state index contributed by atoms with van der Waals surface area (Å²) in [6, 6.07) is 6.61. The first kappa shape index (κ1) is 16.8. The highest BCUT2D eigenvalue weighted by Crippen LogP contribution is 2.32. The van der Waals surface area contributed by atoms with E-state index >= 15 is 0 Å². The molecule has 3 rings (SSSR count). The lowest BCUT2D eigenvalue weighted by molar-refractivity contribution is 0.0347. The normalized spacial score (nSPS) is 21.0. The lowest BCUT2D eigenvalue weighted by Crippen LogP contribution is -2.30. The number of aryl methyl sites for hydroxylation is 2. The Hall–Kier alpha value is -2.01. The molecule has 3 N–H and O–H groups in total. The summed E-state index contributed by atoms with van der Waals surface area (Å²) in [7, 11) is 0.